The van der Waals surface area contributed by atoms with Gasteiger partial charge in [-0.1, -0.05) is 36.4 Å². The Kier molecular flexibility index (Phi) is 3.97. The standard InChI is InChI=1S/C22H19N3O3/c26-19(24-17-10-5-7-14-6-1-2-8-15(14)17)12-25-13-23-20-16-9-3-4-11-18(16)28-21(20)22(25)27/h1-4,6,8-9,11,13,17H,5,7,10,12H2,(H,24,26)/t17-/m0/s1. The summed E-state index contributed by atoms with van der Waals surface area (Å²) in [5.41, 5.74) is 3.42. The lowest BCUT2D eigenvalue weighted by molar-refractivity contribution is -0.122. The molecule has 140 valence electrons. The lowest BCUT2D eigenvalue weighted by atomic mass is 9.88. The van der Waals surface area contributed by atoms with E-state index in [0.717, 1.165) is 24.6 Å². The van der Waals surface area contributed by atoms with Crippen molar-refractivity contribution < 1.29 is 9.21 Å². The molecule has 0 aliphatic heterocycles. The number of hydrogen-bond acceptors (Lipinski definition) is 4. The van der Waals surface area contributed by atoms with Crippen LogP contribution in [0.3, 0.4) is 0 Å². The van der Waals surface area contributed by atoms with E-state index in [2.05, 4.69) is 22.4 Å². The molecule has 2 heterocycles. The molecule has 5 rings (SSSR count). The maximum Gasteiger partial charge on any atom is 0.297 e. The van der Waals surface area contributed by atoms with Crippen LogP contribution in [0.25, 0.3) is 22.1 Å². The Morgan fingerprint density at radius 1 is 1.18 bits per heavy atom. The molecule has 1 N–H and O–H groups in total. The van der Waals surface area contributed by atoms with E-state index in [-0.39, 0.29) is 29.6 Å². The molecule has 0 bridgehead atoms. The number of aromatic nitrogens is 2. The minimum absolute atomic E-state index is 0.0176. The molecular formula is C22H19N3O3. The number of furan rings is 1. The highest BCUT2D eigenvalue weighted by Gasteiger charge is 2.22. The first kappa shape index (κ1) is 16.7. The van der Waals surface area contributed by atoms with Crippen molar-refractivity contribution in [1.29, 1.82) is 0 Å². The number of carbonyl (C=O) groups is 1. The molecule has 0 saturated heterocycles. The molecule has 6 nitrogen and oxygen atoms in total. The van der Waals surface area contributed by atoms with Gasteiger partial charge in [-0.25, -0.2) is 4.98 Å². The summed E-state index contributed by atoms with van der Waals surface area (Å²) in [6, 6.07) is 15.6. The predicted molar refractivity (Wildman–Crippen MR) is 106 cm³/mol. The van der Waals surface area contributed by atoms with Gasteiger partial charge in [0.25, 0.3) is 5.56 Å². The average Bonchev–Trinajstić information content (AvgIpc) is 3.10. The number of nitrogens with zero attached hydrogens (tertiary/aromatic N) is 2. The van der Waals surface area contributed by atoms with E-state index < -0.39 is 0 Å². The second-order valence-corrected chi connectivity index (χ2v) is 7.16. The van der Waals surface area contributed by atoms with Gasteiger partial charge in [0.05, 0.1) is 12.4 Å². The Morgan fingerprint density at radius 3 is 2.93 bits per heavy atom. The smallest absolute Gasteiger partial charge is 0.297 e. The van der Waals surface area contributed by atoms with Gasteiger partial charge < -0.3 is 9.73 Å². The maximum atomic E-state index is 12.8. The number of benzene rings is 2. The second-order valence-electron chi connectivity index (χ2n) is 7.16. The van der Waals surface area contributed by atoms with Crippen molar-refractivity contribution in [2.24, 2.45) is 0 Å². The van der Waals surface area contributed by atoms with Crippen LogP contribution in [0.15, 0.2) is 64.1 Å². The topological polar surface area (TPSA) is 77.1 Å². The van der Waals surface area contributed by atoms with Gasteiger partial charge in [-0.05, 0) is 42.5 Å². The Morgan fingerprint density at radius 2 is 2.00 bits per heavy atom. The van der Waals surface area contributed by atoms with E-state index in [1.54, 1.807) is 6.07 Å². The van der Waals surface area contributed by atoms with Crippen LogP contribution in [0.2, 0.25) is 0 Å². The third-order valence-corrected chi connectivity index (χ3v) is 5.37. The summed E-state index contributed by atoms with van der Waals surface area (Å²) in [7, 11) is 0. The molecule has 2 aromatic heterocycles. The van der Waals surface area contributed by atoms with Crippen molar-refractivity contribution in [2.75, 3.05) is 0 Å². The normalized spacial score (nSPS) is 16.2. The first-order valence-electron chi connectivity index (χ1n) is 9.44. The fraction of sp³-hybridized carbons (Fsp3) is 0.227. The van der Waals surface area contributed by atoms with E-state index in [0.29, 0.717) is 11.1 Å². The van der Waals surface area contributed by atoms with E-state index in [1.807, 2.05) is 30.3 Å². The van der Waals surface area contributed by atoms with Gasteiger partial charge in [-0.3, -0.25) is 14.2 Å². The molecular weight excluding hydrogens is 354 g/mol. The second kappa shape index (κ2) is 6.64. The molecule has 0 radical (unpaired) electrons. The summed E-state index contributed by atoms with van der Waals surface area (Å²) >= 11 is 0. The first-order chi connectivity index (χ1) is 13.7. The van der Waals surface area contributed by atoms with Crippen LogP contribution < -0.4 is 10.9 Å². The highest BCUT2D eigenvalue weighted by molar-refractivity contribution is 6.01. The summed E-state index contributed by atoms with van der Waals surface area (Å²) < 4.78 is 6.97. The highest BCUT2D eigenvalue weighted by atomic mass is 16.3. The molecule has 0 fully saturated rings. The van der Waals surface area contributed by atoms with Crippen LogP contribution in [0, 0.1) is 0 Å². The largest absolute Gasteiger partial charge is 0.448 e. The Balaban J connectivity index is 1.41. The van der Waals surface area contributed by atoms with E-state index in [4.69, 9.17) is 4.42 Å². The Labute approximate surface area is 160 Å². The van der Waals surface area contributed by atoms with Gasteiger partial charge in [0.15, 0.2) is 0 Å². The molecule has 0 saturated carbocycles. The lowest BCUT2D eigenvalue weighted by Gasteiger charge is -2.26. The van der Waals surface area contributed by atoms with Gasteiger partial charge in [-0.15, -0.1) is 0 Å². The molecule has 28 heavy (non-hydrogen) atoms. The van der Waals surface area contributed by atoms with Crippen molar-refractivity contribution in [3.8, 4) is 0 Å². The summed E-state index contributed by atoms with van der Waals surface area (Å²) in [6.45, 7) is -0.0858. The van der Waals surface area contributed by atoms with Crippen molar-refractivity contribution in [2.45, 2.75) is 31.8 Å². The molecule has 1 aliphatic rings. The van der Waals surface area contributed by atoms with E-state index in [9.17, 15) is 9.59 Å². The van der Waals surface area contributed by atoms with Crippen LogP contribution in [-0.2, 0) is 17.8 Å². The van der Waals surface area contributed by atoms with Crippen LogP contribution >= 0.6 is 0 Å². The van der Waals surface area contributed by atoms with Crippen LogP contribution in [0.1, 0.15) is 30.0 Å². The van der Waals surface area contributed by atoms with E-state index >= 15 is 0 Å². The summed E-state index contributed by atoms with van der Waals surface area (Å²) in [6.07, 6.45) is 4.39. The molecule has 1 aliphatic carbocycles. The fourth-order valence-electron chi connectivity index (χ4n) is 4.03. The van der Waals surface area contributed by atoms with Crippen LogP contribution in [0.4, 0.5) is 0 Å². The van der Waals surface area contributed by atoms with Gasteiger partial charge in [0.2, 0.25) is 11.5 Å². The molecule has 6 heteroatoms. The van der Waals surface area contributed by atoms with Crippen LogP contribution in [-0.4, -0.2) is 15.5 Å². The monoisotopic (exact) mass is 373 g/mol. The minimum atomic E-state index is -0.347. The number of fused-ring (bicyclic) bond motifs is 4. The van der Waals surface area contributed by atoms with Crippen molar-refractivity contribution in [1.82, 2.24) is 14.9 Å². The average molecular weight is 373 g/mol. The van der Waals surface area contributed by atoms with E-state index in [1.165, 1.54) is 22.0 Å². The minimum Gasteiger partial charge on any atom is -0.448 e. The van der Waals surface area contributed by atoms with Gasteiger partial charge in [-0.2, -0.15) is 0 Å². The molecule has 2 aromatic carbocycles. The SMILES string of the molecule is O=C(Cn1cnc2c(oc3ccccc32)c1=O)N[C@H]1CCCc2ccccc21. The molecule has 0 unspecified atom stereocenters. The fourth-order valence-corrected chi connectivity index (χ4v) is 4.03. The molecule has 4 aromatic rings. The number of nitrogens with one attached hydrogen (secondary N) is 1. The van der Waals surface area contributed by atoms with Crippen LogP contribution in [0.5, 0.6) is 0 Å². The Bertz CT molecular complexity index is 1250. The number of carbonyl (C=O) groups excluding carboxylic acids is 1. The first-order valence-corrected chi connectivity index (χ1v) is 9.44. The van der Waals surface area contributed by atoms with Gasteiger partial charge >= 0.3 is 0 Å². The Hall–Kier alpha value is -3.41. The number of aryl methyl sites for hydroxylation is 1. The summed E-state index contributed by atoms with van der Waals surface area (Å²) in [5, 5.41) is 3.86. The maximum absolute atomic E-state index is 12.8. The number of amides is 1. The number of hydrogen-bond donors (Lipinski definition) is 1. The number of rotatable bonds is 3. The molecule has 1 amide bonds. The van der Waals surface area contributed by atoms with Gasteiger partial charge in [0, 0.05) is 5.39 Å². The van der Waals surface area contributed by atoms with Crippen molar-refractivity contribution >= 4 is 28.0 Å². The van der Waals surface area contributed by atoms with Gasteiger partial charge in [0.1, 0.15) is 17.6 Å². The zero-order chi connectivity index (χ0) is 19.1. The highest BCUT2D eigenvalue weighted by Crippen LogP contribution is 2.29. The zero-order valence-electron chi connectivity index (χ0n) is 15.2. The van der Waals surface area contributed by atoms with Crippen molar-refractivity contribution in [3.63, 3.8) is 0 Å². The zero-order valence-corrected chi connectivity index (χ0v) is 15.2. The predicted octanol–water partition coefficient (Wildman–Crippen LogP) is 3.34. The molecule has 0 spiro atoms. The number of para-hydroxylation sites is 1. The quantitative estimate of drug-likeness (QED) is 0.598. The molecule has 1 atom stereocenters. The summed E-state index contributed by atoms with van der Waals surface area (Å²) in [5.74, 6) is -0.207. The summed E-state index contributed by atoms with van der Waals surface area (Å²) in [4.78, 5) is 29.8. The van der Waals surface area contributed by atoms with Crippen molar-refractivity contribution in [3.05, 3.63) is 76.3 Å². The lowest BCUT2D eigenvalue weighted by Crippen LogP contribution is -2.36. The third kappa shape index (κ3) is 2.78. The third-order valence-electron chi connectivity index (χ3n) is 5.37.